The average Bonchev–Trinajstić information content (AvgIpc) is 2.52. The molecule has 1 aromatic heterocycles. The van der Waals surface area contributed by atoms with Crippen molar-refractivity contribution < 1.29 is 14.0 Å². The summed E-state index contributed by atoms with van der Waals surface area (Å²) in [6.07, 6.45) is 1.65. The molecule has 2 N–H and O–H groups in total. The van der Waals surface area contributed by atoms with Gasteiger partial charge < -0.3 is 5.32 Å². The van der Waals surface area contributed by atoms with Crippen LogP contribution in [0.3, 0.4) is 0 Å². The standard InChI is InChI=1S/C17H16Cl2FN3O2/c1-8(2)14-15(9(3)4-5-21-14)22-17(25)23-16(24)10-6-13(20)12(19)7-11(10)18/h4-8H,1-3H3,(H2,22,23,24,25). The topological polar surface area (TPSA) is 71.1 Å². The molecule has 0 atom stereocenters. The highest BCUT2D eigenvalue weighted by Crippen LogP contribution is 2.26. The van der Waals surface area contributed by atoms with Crippen LogP contribution in [0, 0.1) is 12.7 Å². The van der Waals surface area contributed by atoms with Gasteiger partial charge in [0.25, 0.3) is 5.91 Å². The Kier molecular flexibility index (Phi) is 5.98. The quantitative estimate of drug-likeness (QED) is 0.738. The van der Waals surface area contributed by atoms with Crippen LogP contribution in [0.2, 0.25) is 10.0 Å². The highest BCUT2D eigenvalue weighted by molar-refractivity contribution is 6.37. The molecule has 1 aromatic carbocycles. The molecule has 0 fully saturated rings. The zero-order chi connectivity index (χ0) is 18.7. The molecule has 0 bridgehead atoms. The van der Waals surface area contributed by atoms with Crippen molar-refractivity contribution in [3.63, 3.8) is 0 Å². The molecule has 8 heteroatoms. The number of rotatable bonds is 3. The van der Waals surface area contributed by atoms with Crippen LogP contribution in [-0.4, -0.2) is 16.9 Å². The fourth-order valence-electron chi connectivity index (χ4n) is 2.19. The lowest BCUT2D eigenvalue weighted by Crippen LogP contribution is -2.35. The van der Waals surface area contributed by atoms with Crippen molar-refractivity contribution in [2.45, 2.75) is 26.7 Å². The van der Waals surface area contributed by atoms with Crippen LogP contribution >= 0.6 is 23.2 Å². The summed E-state index contributed by atoms with van der Waals surface area (Å²) in [4.78, 5) is 28.6. The van der Waals surface area contributed by atoms with E-state index in [1.807, 2.05) is 20.8 Å². The number of nitrogens with zero attached hydrogens (tertiary/aromatic N) is 1. The summed E-state index contributed by atoms with van der Waals surface area (Å²) in [5.41, 5.74) is 1.83. The van der Waals surface area contributed by atoms with E-state index in [9.17, 15) is 14.0 Å². The third kappa shape index (κ3) is 4.46. The van der Waals surface area contributed by atoms with Gasteiger partial charge in [-0.05, 0) is 36.6 Å². The van der Waals surface area contributed by atoms with Gasteiger partial charge >= 0.3 is 6.03 Å². The van der Waals surface area contributed by atoms with E-state index in [2.05, 4.69) is 15.6 Å². The Morgan fingerprint density at radius 2 is 1.88 bits per heavy atom. The van der Waals surface area contributed by atoms with E-state index >= 15 is 0 Å². The lowest BCUT2D eigenvalue weighted by atomic mass is 10.1. The maximum atomic E-state index is 13.5. The Labute approximate surface area is 154 Å². The average molecular weight is 384 g/mol. The third-order valence-corrected chi connectivity index (χ3v) is 4.06. The Balaban J connectivity index is 2.19. The zero-order valence-corrected chi connectivity index (χ0v) is 15.3. The Hall–Kier alpha value is -2.18. The number of nitrogens with one attached hydrogen (secondary N) is 2. The van der Waals surface area contributed by atoms with Crippen LogP contribution in [0.15, 0.2) is 24.4 Å². The second-order valence-corrected chi connectivity index (χ2v) is 6.51. The van der Waals surface area contributed by atoms with Crippen LogP contribution in [0.4, 0.5) is 14.9 Å². The van der Waals surface area contributed by atoms with E-state index in [0.717, 1.165) is 17.7 Å². The van der Waals surface area contributed by atoms with Gasteiger partial charge in [0.1, 0.15) is 5.82 Å². The number of hydrogen-bond donors (Lipinski definition) is 2. The predicted molar refractivity (Wildman–Crippen MR) is 96.0 cm³/mol. The molecule has 0 saturated carbocycles. The van der Waals surface area contributed by atoms with E-state index in [4.69, 9.17) is 23.2 Å². The number of aryl methyl sites for hydroxylation is 1. The third-order valence-electron chi connectivity index (χ3n) is 3.46. The summed E-state index contributed by atoms with van der Waals surface area (Å²) < 4.78 is 13.5. The molecule has 0 unspecified atom stereocenters. The van der Waals surface area contributed by atoms with Gasteiger partial charge in [-0.25, -0.2) is 9.18 Å². The smallest absolute Gasteiger partial charge is 0.306 e. The molecule has 0 aliphatic heterocycles. The molecule has 0 spiro atoms. The molecule has 2 rings (SSSR count). The van der Waals surface area contributed by atoms with Crippen molar-refractivity contribution in [1.82, 2.24) is 10.3 Å². The van der Waals surface area contributed by atoms with Gasteiger partial charge in [0.15, 0.2) is 0 Å². The molecular weight excluding hydrogens is 368 g/mol. The van der Waals surface area contributed by atoms with Crippen molar-refractivity contribution in [2.75, 3.05) is 5.32 Å². The number of imide groups is 1. The first-order chi connectivity index (χ1) is 11.7. The van der Waals surface area contributed by atoms with E-state index in [1.165, 1.54) is 0 Å². The maximum absolute atomic E-state index is 13.5. The number of hydrogen-bond acceptors (Lipinski definition) is 3. The van der Waals surface area contributed by atoms with E-state index < -0.39 is 17.8 Å². The molecule has 0 aliphatic carbocycles. The van der Waals surface area contributed by atoms with Gasteiger partial charge in [-0.3, -0.25) is 15.1 Å². The molecule has 3 amide bonds. The molecule has 1 heterocycles. The summed E-state index contributed by atoms with van der Waals surface area (Å²) in [7, 11) is 0. The van der Waals surface area contributed by atoms with Crippen molar-refractivity contribution >= 4 is 40.8 Å². The highest BCUT2D eigenvalue weighted by Gasteiger charge is 2.18. The Morgan fingerprint density at radius 3 is 2.52 bits per heavy atom. The first-order valence-corrected chi connectivity index (χ1v) is 8.18. The number of pyridine rings is 1. The number of halogens is 3. The SMILES string of the molecule is Cc1ccnc(C(C)C)c1NC(=O)NC(=O)c1cc(F)c(Cl)cc1Cl. The number of aromatic nitrogens is 1. The van der Waals surface area contributed by atoms with E-state index in [-0.39, 0.29) is 21.5 Å². The van der Waals surface area contributed by atoms with Crippen molar-refractivity contribution in [3.05, 3.63) is 57.1 Å². The van der Waals surface area contributed by atoms with Crippen LogP contribution in [0.25, 0.3) is 0 Å². The van der Waals surface area contributed by atoms with Crippen molar-refractivity contribution in [1.29, 1.82) is 0 Å². The van der Waals surface area contributed by atoms with Gasteiger partial charge in [0.2, 0.25) is 0 Å². The van der Waals surface area contributed by atoms with Crippen LogP contribution < -0.4 is 10.6 Å². The van der Waals surface area contributed by atoms with Crippen molar-refractivity contribution in [2.24, 2.45) is 0 Å². The molecule has 5 nitrogen and oxygen atoms in total. The highest BCUT2D eigenvalue weighted by atomic mass is 35.5. The summed E-state index contributed by atoms with van der Waals surface area (Å²) in [5, 5.41) is 4.46. The maximum Gasteiger partial charge on any atom is 0.326 e. The molecule has 0 aliphatic rings. The van der Waals surface area contributed by atoms with Crippen molar-refractivity contribution in [3.8, 4) is 0 Å². The first-order valence-electron chi connectivity index (χ1n) is 7.43. The first kappa shape index (κ1) is 19.1. The van der Waals surface area contributed by atoms with Crippen LogP contribution in [-0.2, 0) is 0 Å². The monoisotopic (exact) mass is 383 g/mol. The number of anilines is 1. The van der Waals surface area contributed by atoms with Gasteiger partial charge in [-0.2, -0.15) is 0 Å². The minimum absolute atomic E-state index is 0.0582. The number of carbonyl (C=O) groups is 2. The Morgan fingerprint density at radius 1 is 1.20 bits per heavy atom. The molecule has 132 valence electrons. The molecular formula is C17H16Cl2FN3O2. The van der Waals surface area contributed by atoms with Gasteiger partial charge in [0.05, 0.1) is 27.0 Å². The van der Waals surface area contributed by atoms with Gasteiger partial charge in [0, 0.05) is 6.20 Å². The molecule has 0 saturated heterocycles. The Bertz CT molecular complexity index is 841. The van der Waals surface area contributed by atoms with E-state index in [0.29, 0.717) is 11.4 Å². The number of benzene rings is 1. The molecule has 0 radical (unpaired) electrons. The predicted octanol–water partition coefficient (Wildman–Crippen LogP) is 4.92. The number of urea groups is 1. The zero-order valence-electron chi connectivity index (χ0n) is 13.8. The lowest BCUT2D eigenvalue weighted by molar-refractivity contribution is 0.0967. The minimum Gasteiger partial charge on any atom is -0.306 e. The summed E-state index contributed by atoms with van der Waals surface area (Å²) in [6.45, 7) is 5.69. The van der Waals surface area contributed by atoms with E-state index in [1.54, 1.807) is 12.3 Å². The summed E-state index contributed by atoms with van der Waals surface area (Å²) in [5.74, 6) is -1.57. The summed E-state index contributed by atoms with van der Waals surface area (Å²) >= 11 is 11.5. The molecule has 2 aromatic rings. The second-order valence-electron chi connectivity index (χ2n) is 5.70. The summed E-state index contributed by atoms with van der Waals surface area (Å²) in [6, 6.07) is 2.96. The van der Waals surface area contributed by atoms with Crippen LogP contribution in [0.5, 0.6) is 0 Å². The minimum atomic E-state index is -0.842. The largest absolute Gasteiger partial charge is 0.326 e. The fraction of sp³-hybridized carbons (Fsp3) is 0.235. The molecule has 25 heavy (non-hydrogen) atoms. The number of amides is 3. The fourth-order valence-corrected chi connectivity index (χ4v) is 2.66. The number of carbonyl (C=O) groups excluding carboxylic acids is 2. The second kappa shape index (κ2) is 7.80. The lowest BCUT2D eigenvalue weighted by Gasteiger charge is -2.15. The normalized spacial score (nSPS) is 10.7. The van der Waals surface area contributed by atoms with Gasteiger partial charge in [-0.15, -0.1) is 0 Å². The van der Waals surface area contributed by atoms with Crippen LogP contribution in [0.1, 0.15) is 41.4 Å². The van der Waals surface area contributed by atoms with Gasteiger partial charge in [-0.1, -0.05) is 37.0 Å².